The Hall–Kier alpha value is -2.36. The number of rotatable bonds is 1. The van der Waals surface area contributed by atoms with E-state index >= 15 is 0 Å². The highest BCUT2D eigenvalue weighted by Crippen LogP contribution is 2.36. The van der Waals surface area contributed by atoms with Gasteiger partial charge in [-0.25, -0.2) is 4.98 Å². The number of nitrogens with zero attached hydrogens (tertiary/aromatic N) is 1. The lowest BCUT2D eigenvalue weighted by Crippen LogP contribution is -2.08. The summed E-state index contributed by atoms with van der Waals surface area (Å²) in [5, 5.41) is 0.724. The molecule has 0 aliphatic rings. The van der Waals surface area contributed by atoms with Crippen molar-refractivity contribution in [3.8, 4) is 11.1 Å². The van der Waals surface area contributed by atoms with Crippen LogP contribution in [0.1, 0.15) is 16.8 Å². The molecule has 0 aliphatic heterocycles. The first-order valence-electron chi connectivity index (χ1n) is 6.91. The smallest absolute Gasteiger partial charge is 0.243 e. The lowest BCUT2D eigenvalue weighted by Gasteiger charge is -2.14. The molecule has 0 bridgehead atoms. The number of benzene rings is 2. The molecule has 3 aromatic rings. The minimum absolute atomic E-state index is 0.354. The number of halogens is 3. The van der Waals surface area contributed by atoms with E-state index in [1.54, 1.807) is 18.2 Å². The van der Waals surface area contributed by atoms with Gasteiger partial charge < -0.3 is 0 Å². The largest absolute Gasteiger partial charge is 0.433 e. The van der Waals surface area contributed by atoms with Gasteiger partial charge in [0.2, 0.25) is 0 Å². The highest BCUT2D eigenvalue weighted by Gasteiger charge is 2.33. The standard InChI is InChI=1S/C18H14F3N/c1-11-7-8-13(12(2)9-11)15-10-17(18(19,20)21)22-16-6-4-3-5-14(15)16/h3-10H,1-2H3. The van der Waals surface area contributed by atoms with E-state index in [1.807, 2.05) is 38.1 Å². The molecule has 0 saturated heterocycles. The summed E-state index contributed by atoms with van der Waals surface area (Å²) in [6, 6.07) is 13.8. The molecule has 0 radical (unpaired) electrons. The van der Waals surface area contributed by atoms with Crippen LogP contribution in [-0.2, 0) is 6.18 Å². The number of alkyl halides is 3. The van der Waals surface area contributed by atoms with Gasteiger partial charge in [-0.1, -0.05) is 42.0 Å². The van der Waals surface area contributed by atoms with E-state index < -0.39 is 11.9 Å². The van der Waals surface area contributed by atoms with Crippen molar-refractivity contribution < 1.29 is 13.2 Å². The maximum atomic E-state index is 13.1. The Morgan fingerprint density at radius 2 is 1.59 bits per heavy atom. The number of aryl methyl sites for hydroxylation is 2. The van der Waals surface area contributed by atoms with Gasteiger partial charge in [-0.3, -0.25) is 0 Å². The SMILES string of the molecule is Cc1ccc(-c2cc(C(F)(F)F)nc3ccccc23)c(C)c1. The molecule has 0 atom stereocenters. The van der Waals surface area contributed by atoms with Crippen LogP contribution in [0.5, 0.6) is 0 Å². The van der Waals surface area contributed by atoms with Crippen molar-refractivity contribution in [1.82, 2.24) is 4.98 Å². The molecule has 1 nitrogen and oxygen atoms in total. The van der Waals surface area contributed by atoms with E-state index in [9.17, 15) is 13.2 Å². The summed E-state index contributed by atoms with van der Waals surface area (Å²) in [5.41, 5.74) is 2.89. The fraction of sp³-hybridized carbons (Fsp3) is 0.167. The molecule has 0 fully saturated rings. The Morgan fingerprint density at radius 1 is 0.864 bits per heavy atom. The molecule has 0 amide bonds. The zero-order chi connectivity index (χ0) is 15.9. The Morgan fingerprint density at radius 3 is 2.27 bits per heavy atom. The van der Waals surface area contributed by atoms with E-state index in [0.29, 0.717) is 11.1 Å². The number of para-hydroxylation sites is 1. The van der Waals surface area contributed by atoms with Crippen molar-refractivity contribution in [1.29, 1.82) is 0 Å². The highest BCUT2D eigenvalue weighted by atomic mass is 19.4. The van der Waals surface area contributed by atoms with E-state index in [0.717, 1.165) is 28.1 Å². The van der Waals surface area contributed by atoms with Crippen molar-refractivity contribution in [2.45, 2.75) is 20.0 Å². The summed E-state index contributed by atoms with van der Waals surface area (Å²) in [4.78, 5) is 3.75. The first kappa shape index (κ1) is 14.6. The van der Waals surface area contributed by atoms with Gasteiger partial charge in [0, 0.05) is 5.39 Å². The fourth-order valence-corrected chi connectivity index (χ4v) is 2.66. The van der Waals surface area contributed by atoms with Gasteiger partial charge in [0.1, 0.15) is 5.69 Å². The number of aromatic nitrogens is 1. The van der Waals surface area contributed by atoms with Gasteiger partial charge in [0.25, 0.3) is 0 Å². The topological polar surface area (TPSA) is 12.9 Å². The van der Waals surface area contributed by atoms with Crippen LogP contribution < -0.4 is 0 Å². The highest BCUT2D eigenvalue weighted by molar-refractivity contribution is 5.95. The minimum Gasteiger partial charge on any atom is -0.243 e. The summed E-state index contributed by atoms with van der Waals surface area (Å²) in [5.74, 6) is 0. The van der Waals surface area contributed by atoms with Crippen molar-refractivity contribution in [3.05, 3.63) is 65.4 Å². The third kappa shape index (κ3) is 2.56. The molecular weight excluding hydrogens is 287 g/mol. The van der Waals surface area contributed by atoms with Crippen LogP contribution >= 0.6 is 0 Å². The van der Waals surface area contributed by atoms with Crippen LogP contribution in [-0.4, -0.2) is 4.98 Å². The van der Waals surface area contributed by atoms with E-state index in [2.05, 4.69) is 4.98 Å². The first-order valence-corrected chi connectivity index (χ1v) is 6.91. The van der Waals surface area contributed by atoms with Crippen molar-refractivity contribution in [3.63, 3.8) is 0 Å². The van der Waals surface area contributed by atoms with Crippen molar-refractivity contribution in [2.24, 2.45) is 0 Å². The molecule has 0 N–H and O–H groups in total. The Kier molecular flexibility index (Phi) is 3.39. The molecule has 0 aliphatic carbocycles. The predicted molar refractivity (Wildman–Crippen MR) is 81.7 cm³/mol. The van der Waals surface area contributed by atoms with Gasteiger partial charge >= 0.3 is 6.18 Å². The minimum atomic E-state index is -4.46. The second-order valence-corrected chi connectivity index (χ2v) is 5.39. The Bertz CT molecular complexity index is 851. The van der Waals surface area contributed by atoms with Crippen LogP contribution in [0.3, 0.4) is 0 Å². The maximum absolute atomic E-state index is 13.1. The summed E-state index contributed by atoms with van der Waals surface area (Å²) >= 11 is 0. The number of fused-ring (bicyclic) bond motifs is 1. The monoisotopic (exact) mass is 301 g/mol. The van der Waals surface area contributed by atoms with Crippen molar-refractivity contribution in [2.75, 3.05) is 0 Å². The Labute approximate surface area is 126 Å². The van der Waals surface area contributed by atoms with Crippen LogP contribution in [0.2, 0.25) is 0 Å². The molecule has 0 unspecified atom stereocenters. The molecule has 2 aromatic carbocycles. The second-order valence-electron chi connectivity index (χ2n) is 5.39. The van der Waals surface area contributed by atoms with Gasteiger partial charge in [-0.15, -0.1) is 0 Å². The molecule has 112 valence electrons. The fourth-order valence-electron chi connectivity index (χ4n) is 2.66. The van der Waals surface area contributed by atoms with Crippen LogP contribution in [0.15, 0.2) is 48.5 Å². The second kappa shape index (κ2) is 5.13. The maximum Gasteiger partial charge on any atom is 0.433 e. The molecule has 0 spiro atoms. The lowest BCUT2D eigenvalue weighted by atomic mass is 9.95. The van der Waals surface area contributed by atoms with Crippen LogP contribution in [0.4, 0.5) is 13.2 Å². The molecule has 22 heavy (non-hydrogen) atoms. The Balaban J connectivity index is 2.36. The third-order valence-electron chi connectivity index (χ3n) is 3.68. The first-order chi connectivity index (χ1) is 10.4. The molecule has 1 heterocycles. The van der Waals surface area contributed by atoms with Crippen LogP contribution in [0, 0.1) is 13.8 Å². The number of hydrogen-bond acceptors (Lipinski definition) is 1. The number of hydrogen-bond donors (Lipinski definition) is 0. The number of pyridine rings is 1. The zero-order valence-electron chi connectivity index (χ0n) is 12.2. The van der Waals surface area contributed by atoms with E-state index in [4.69, 9.17) is 0 Å². The predicted octanol–water partition coefficient (Wildman–Crippen LogP) is 5.54. The molecule has 3 rings (SSSR count). The summed E-state index contributed by atoms with van der Waals surface area (Å²) in [7, 11) is 0. The summed E-state index contributed by atoms with van der Waals surface area (Å²) in [6.45, 7) is 3.87. The molecular formula is C18H14F3N. The quantitative estimate of drug-likeness (QED) is 0.575. The average molecular weight is 301 g/mol. The summed E-state index contributed by atoms with van der Waals surface area (Å²) < 4.78 is 39.3. The van der Waals surface area contributed by atoms with Crippen LogP contribution in [0.25, 0.3) is 22.0 Å². The van der Waals surface area contributed by atoms with E-state index in [1.165, 1.54) is 0 Å². The van der Waals surface area contributed by atoms with Gasteiger partial charge in [-0.2, -0.15) is 13.2 Å². The van der Waals surface area contributed by atoms with Crippen molar-refractivity contribution >= 4 is 10.9 Å². The molecule has 4 heteroatoms. The van der Waals surface area contributed by atoms with E-state index in [-0.39, 0.29) is 0 Å². The molecule has 1 aromatic heterocycles. The van der Waals surface area contributed by atoms with Gasteiger partial charge in [0.15, 0.2) is 0 Å². The van der Waals surface area contributed by atoms with Gasteiger partial charge in [0.05, 0.1) is 5.52 Å². The normalized spacial score (nSPS) is 11.9. The van der Waals surface area contributed by atoms with Gasteiger partial charge in [-0.05, 0) is 42.7 Å². The zero-order valence-corrected chi connectivity index (χ0v) is 12.2. The third-order valence-corrected chi connectivity index (χ3v) is 3.68. The average Bonchev–Trinajstić information content (AvgIpc) is 2.45. The lowest BCUT2D eigenvalue weighted by molar-refractivity contribution is -0.140. The molecule has 0 saturated carbocycles. The summed E-state index contributed by atoms with van der Waals surface area (Å²) in [6.07, 6.45) is -4.46.